The lowest BCUT2D eigenvalue weighted by Crippen LogP contribution is -2.50. The molecule has 146 valence electrons. The molecule has 0 radical (unpaired) electrons. The summed E-state index contributed by atoms with van der Waals surface area (Å²) < 4.78 is 11.4. The highest BCUT2D eigenvalue weighted by Gasteiger charge is 2.51. The lowest BCUT2D eigenvalue weighted by molar-refractivity contribution is -0.130. The number of benzene rings is 1. The molecule has 4 fully saturated rings. The van der Waals surface area contributed by atoms with Crippen molar-refractivity contribution in [2.45, 2.75) is 50.7 Å². The van der Waals surface area contributed by atoms with Gasteiger partial charge in [-0.05, 0) is 79.4 Å². The second kappa shape index (κ2) is 7.38. The van der Waals surface area contributed by atoms with E-state index in [0.29, 0.717) is 17.7 Å². The van der Waals surface area contributed by atoms with Gasteiger partial charge in [-0.1, -0.05) is 12.1 Å². The summed E-state index contributed by atoms with van der Waals surface area (Å²) >= 11 is 0. The van der Waals surface area contributed by atoms with Crippen LogP contribution in [-0.4, -0.2) is 22.3 Å². The van der Waals surface area contributed by atoms with E-state index in [1.807, 2.05) is 6.07 Å². The molecule has 1 aromatic carbocycles. The van der Waals surface area contributed by atoms with Crippen molar-refractivity contribution in [3.05, 3.63) is 35.4 Å². The molecule has 2 amide bonds. The Bertz CT molecular complexity index is 741. The maximum Gasteiger partial charge on any atom is 0.269 e. The lowest BCUT2D eigenvalue weighted by Gasteiger charge is -2.56. The molecule has 5 rings (SSSR count). The van der Waals surface area contributed by atoms with E-state index >= 15 is 0 Å². The number of hydrazine groups is 1. The van der Waals surface area contributed by atoms with E-state index in [9.17, 15) is 13.8 Å². The lowest BCUT2D eigenvalue weighted by atomic mass is 9.49. The maximum atomic E-state index is 12.5. The number of amides is 2. The van der Waals surface area contributed by atoms with Crippen LogP contribution in [0.5, 0.6) is 0 Å². The zero-order valence-corrected chi connectivity index (χ0v) is 16.6. The standard InChI is InChI=1S/C21H28N2O3S/c1-27(26)13-14-3-2-4-18(8-14)20(25)23-22-19(24)12-21-9-15-5-16(10-21)7-17(6-15)11-21/h2-4,8,15-17H,5-7,9-13H2,1H3,(H,22,24)(H,23,25). The zero-order chi connectivity index (χ0) is 19.0. The zero-order valence-electron chi connectivity index (χ0n) is 15.8. The molecule has 4 aliphatic carbocycles. The van der Waals surface area contributed by atoms with Gasteiger partial charge in [0.05, 0.1) is 0 Å². The van der Waals surface area contributed by atoms with Crippen LogP contribution in [0, 0.1) is 23.2 Å². The fourth-order valence-corrected chi connectivity index (χ4v) is 6.78. The third-order valence-corrected chi connectivity index (χ3v) is 7.32. The predicted molar refractivity (Wildman–Crippen MR) is 105 cm³/mol. The van der Waals surface area contributed by atoms with Gasteiger partial charge in [-0.15, -0.1) is 0 Å². The van der Waals surface area contributed by atoms with E-state index in [0.717, 1.165) is 23.3 Å². The van der Waals surface area contributed by atoms with Crippen molar-refractivity contribution >= 4 is 22.6 Å². The van der Waals surface area contributed by atoms with Crippen LogP contribution < -0.4 is 10.9 Å². The molecule has 27 heavy (non-hydrogen) atoms. The first-order valence-corrected chi connectivity index (χ1v) is 11.6. The van der Waals surface area contributed by atoms with Gasteiger partial charge in [-0.2, -0.15) is 0 Å². The Labute approximate surface area is 163 Å². The fraction of sp³-hybridized carbons (Fsp3) is 0.619. The Kier molecular flexibility index (Phi) is 5.10. The minimum atomic E-state index is -0.958. The smallest absolute Gasteiger partial charge is 0.269 e. The molecule has 6 heteroatoms. The Morgan fingerprint density at radius 1 is 1.07 bits per heavy atom. The van der Waals surface area contributed by atoms with Crippen LogP contribution in [0.2, 0.25) is 0 Å². The first kappa shape index (κ1) is 18.7. The number of nitrogens with one attached hydrogen (secondary N) is 2. The Balaban J connectivity index is 1.32. The summed E-state index contributed by atoms with van der Waals surface area (Å²) in [6, 6.07) is 7.04. The molecule has 0 heterocycles. The highest BCUT2D eigenvalue weighted by molar-refractivity contribution is 7.83. The summed E-state index contributed by atoms with van der Waals surface area (Å²) in [5.74, 6) is 2.43. The van der Waals surface area contributed by atoms with Crippen molar-refractivity contribution in [1.82, 2.24) is 10.9 Å². The molecule has 1 unspecified atom stereocenters. The van der Waals surface area contributed by atoms with Crippen molar-refractivity contribution in [2.24, 2.45) is 23.2 Å². The summed E-state index contributed by atoms with van der Waals surface area (Å²) in [6.07, 6.45) is 9.76. The van der Waals surface area contributed by atoms with Gasteiger partial charge >= 0.3 is 0 Å². The second-order valence-electron chi connectivity index (χ2n) is 9.01. The molecule has 4 bridgehead atoms. The van der Waals surface area contributed by atoms with E-state index in [2.05, 4.69) is 10.9 Å². The highest BCUT2D eigenvalue weighted by atomic mass is 32.2. The SMILES string of the molecule is CS(=O)Cc1cccc(C(=O)NNC(=O)CC23CC4CC(CC(C4)C2)C3)c1. The third-order valence-electron chi connectivity index (χ3n) is 6.58. The van der Waals surface area contributed by atoms with E-state index in [1.54, 1.807) is 24.5 Å². The topological polar surface area (TPSA) is 75.3 Å². The van der Waals surface area contributed by atoms with Gasteiger partial charge < -0.3 is 0 Å². The summed E-state index contributed by atoms with van der Waals surface area (Å²) in [5, 5.41) is 0. The summed E-state index contributed by atoms with van der Waals surface area (Å²) in [7, 11) is -0.958. The van der Waals surface area contributed by atoms with E-state index in [-0.39, 0.29) is 17.2 Å². The Morgan fingerprint density at radius 3 is 2.30 bits per heavy atom. The molecule has 0 aromatic heterocycles. The first-order valence-electron chi connectivity index (χ1n) is 9.89. The average molecular weight is 389 g/mol. The molecular formula is C21H28N2O3S. The van der Waals surface area contributed by atoms with Crippen LogP contribution in [0.25, 0.3) is 0 Å². The van der Waals surface area contributed by atoms with Crippen molar-refractivity contribution in [1.29, 1.82) is 0 Å². The van der Waals surface area contributed by atoms with E-state index in [1.165, 1.54) is 38.5 Å². The Morgan fingerprint density at radius 2 is 1.70 bits per heavy atom. The first-order chi connectivity index (χ1) is 12.9. The van der Waals surface area contributed by atoms with Gasteiger partial charge in [-0.3, -0.25) is 24.6 Å². The minimum absolute atomic E-state index is 0.0869. The van der Waals surface area contributed by atoms with E-state index in [4.69, 9.17) is 0 Å². The minimum Gasteiger partial charge on any atom is -0.273 e. The van der Waals surface area contributed by atoms with Crippen LogP contribution >= 0.6 is 0 Å². The van der Waals surface area contributed by atoms with Crippen LogP contribution in [-0.2, 0) is 21.3 Å². The van der Waals surface area contributed by atoms with Crippen LogP contribution in [0.15, 0.2) is 24.3 Å². The van der Waals surface area contributed by atoms with Gasteiger partial charge in [0.2, 0.25) is 5.91 Å². The van der Waals surface area contributed by atoms with Crippen LogP contribution in [0.3, 0.4) is 0 Å². The van der Waals surface area contributed by atoms with Gasteiger partial charge in [0, 0.05) is 34.8 Å². The summed E-state index contributed by atoms with van der Waals surface area (Å²) in [5.41, 5.74) is 6.64. The Hall–Kier alpha value is -1.69. The largest absolute Gasteiger partial charge is 0.273 e. The van der Waals surface area contributed by atoms with Crippen molar-refractivity contribution < 1.29 is 13.8 Å². The number of rotatable bonds is 5. The van der Waals surface area contributed by atoms with Crippen LogP contribution in [0.1, 0.15) is 60.9 Å². The monoisotopic (exact) mass is 388 g/mol. The van der Waals surface area contributed by atoms with Crippen LogP contribution in [0.4, 0.5) is 0 Å². The quantitative estimate of drug-likeness (QED) is 0.762. The molecule has 5 nitrogen and oxygen atoms in total. The van der Waals surface area contributed by atoms with Crippen molar-refractivity contribution in [3.8, 4) is 0 Å². The van der Waals surface area contributed by atoms with E-state index < -0.39 is 10.8 Å². The third kappa shape index (κ3) is 4.26. The van der Waals surface area contributed by atoms with Crippen molar-refractivity contribution in [3.63, 3.8) is 0 Å². The fourth-order valence-electron chi connectivity index (χ4n) is 6.13. The summed E-state index contributed by atoms with van der Waals surface area (Å²) in [4.78, 5) is 24.9. The molecule has 1 atom stereocenters. The molecule has 1 aromatic rings. The molecule has 2 N–H and O–H groups in total. The normalized spacial score (nSPS) is 32.1. The maximum absolute atomic E-state index is 12.5. The predicted octanol–water partition coefficient (Wildman–Crippen LogP) is 2.93. The number of carbonyl (C=O) groups excluding carboxylic acids is 2. The van der Waals surface area contributed by atoms with Gasteiger partial charge in [0.1, 0.15) is 0 Å². The molecule has 4 aliphatic rings. The molecule has 4 saturated carbocycles. The molecule has 0 spiro atoms. The van der Waals surface area contributed by atoms with Gasteiger partial charge in [-0.25, -0.2) is 0 Å². The second-order valence-corrected chi connectivity index (χ2v) is 10.4. The summed E-state index contributed by atoms with van der Waals surface area (Å²) in [6.45, 7) is 0. The molecule has 0 saturated heterocycles. The number of hydrogen-bond donors (Lipinski definition) is 2. The molecule has 0 aliphatic heterocycles. The van der Waals surface area contributed by atoms with Gasteiger partial charge in [0.25, 0.3) is 5.91 Å². The highest BCUT2D eigenvalue weighted by Crippen LogP contribution is 2.61. The molecular weight excluding hydrogens is 360 g/mol. The number of carbonyl (C=O) groups is 2. The van der Waals surface area contributed by atoms with Gasteiger partial charge in [0.15, 0.2) is 0 Å². The average Bonchev–Trinajstić information content (AvgIpc) is 2.57. The van der Waals surface area contributed by atoms with Crippen molar-refractivity contribution in [2.75, 3.05) is 6.26 Å². The number of hydrogen-bond acceptors (Lipinski definition) is 3.